The summed E-state index contributed by atoms with van der Waals surface area (Å²) in [6.07, 6.45) is 8.53. The lowest BCUT2D eigenvalue weighted by molar-refractivity contribution is -0.597. The van der Waals surface area contributed by atoms with E-state index in [-0.39, 0.29) is 40.2 Å². The third-order valence-corrected chi connectivity index (χ3v) is 11.3. The molecule has 7 rings (SSSR count). The van der Waals surface area contributed by atoms with Crippen LogP contribution in [0.5, 0.6) is 11.8 Å². The Bertz CT molecular complexity index is 2720. The second-order valence-corrected chi connectivity index (χ2v) is 16.5. The zero-order chi connectivity index (χ0) is 46.0. The Kier molecular flexibility index (Phi) is 14.6. The lowest BCUT2D eigenvalue weighted by Gasteiger charge is -2.19. The summed E-state index contributed by atoms with van der Waals surface area (Å²) >= 11 is 0. The maximum atomic E-state index is 13.8. The van der Waals surface area contributed by atoms with Crippen LogP contribution < -0.4 is 20.3 Å². The molecule has 0 saturated carbocycles. The minimum Gasteiger partial charge on any atom is -0.493 e. The highest BCUT2D eigenvalue weighted by Crippen LogP contribution is 2.37. The van der Waals surface area contributed by atoms with Crippen LogP contribution >= 0.6 is 0 Å². The maximum Gasteiger partial charge on any atom is 0.326 e. The highest BCUT2D eigenvalue weighted by Gasteiger charge is 2.27. The molecule has 14 heteroatoms. The van der Waals surface area contributed by atoms with Gasteiger partial charge in [-0.25, -0.2) is 0 Å². The molecule has 0 radical (unpaired) electrons. The molecule has 4 heterocycles. The monoisotopic (exact) mass is 872 g/mol. The molecule has 0 aliphatic heterocycles. The molecule has 14 nitrogen and oxygen atoms in total. The van der Waals surface area contributed by atoms with Crippen molar-refractivity contribution >= 4 is 22.7 Å². The van der Waals surface area contributed by atoms with Crippen molar-refractivity contribution in [2.75, 3.05) is 41.3 Å². The van der Waals surface area contributed by atoms with Crippen molar-refractivity contribution in [3.63, 3.8) is 0 Å². The fourth-order valence-corrected chi connectivity index (χ4v) is 7.94. The van der Waals surface area contributed by atoms with Crippen LogP contribution in [0.15, 0.2) is 170 Å². The van der Waals surface area contributed by atoms with Crippen molar-refractivity contribution in [2.24, 2.45) is 20.5 Å². The number of nitrogens with zero attached hydrogens (tertiary/aromatic N) is 10. The van der Waals surface area contributed by atoms with E-state index in [1.54, 1.807) is 47.8 Å². The predicted octanol–water partition coefficient (Wildman–Crippen LogP) is 8.51. The summed E-state index contributed by atoms with van der Waals surface area (Å²) < 4.78 is 6.24. The van der Waals surface area contributed by atoms with Gasteiger partial charge in [0.1, 0.15) is 0 Å². The summed E-state index contributed by atoms with van der Waals surface area (Å²) in [5, 5.41) is 41.1. The largest absolute Gasteiger partial charge is 0.493 e. The summed E-state index contributed by atoms with van der Waals surface area (Å²) in [6.45, 7) is 5.67. The van der Waals surface area contributed by atoms with Crippen LogP contribution in [-0.2, 0) is 13.1 Å². The van der Waals surface area contributed by atoms with Crippen molar-refractivity contribution in [3.05, 3.63) is 189 Å². The summed E-state index contributed by atoms with van der Waals surface area (Å²) in [4.78, 5) is 31.6. The summed E-state index contributed by atoms with van der Waals surface area (Å²) in [6, 6.07) is 37.0. The normalized spacial score (nSPS) is 12.2. The Balaban J connectivity index is 1.18. The molecule has 0 amide bonds. The molecule has 3 aromatic carbocycles. The fraction of sp³-hybridized carbons (Fsp3) is 0.255. The van der Waals surface area contributed by atoms with Gasteiger partial charge >= 0.3 is 11.1 Å². The van der Waals surface area contributed by atoms with Crippen molar-refractivity contribution in [3.8, 4) is 23.1 Å². The van der Waals surface area contributed by atoms with Crippen molar-refractivity contribution in [1.29, 1.82) is 0 Å². The van der Waals surface area contributed by atoms with Gasteiger partial charge in [-0.3, -0.25) is 18.7 Å². The van der Waals surface area contributed by atoms with E-state index in [9.17, 15) is 19.8 Å². The second-order valence-electron chi connectivity index (χ2n) is 16.5. The first kappa shape index (κ1) is 45.6. The molecule has 4 aromatic heterocycles. The van der Waals surface area contributed by atoms with Crippen molar-refractivity contribution < 1.29 is 19.3 Å². The first-order chi connectivity index (χ1) is 31.4. The van der Waals surface area contributed by atoms with E-state index < -0.39 is 0 Å². The number of hydrogen-bond donors (Lipinski definition) is 2. The molecule has 7 aromatic rings. The zero-order valence-electron chi connectivity index (χ0n) is 37.8. The second kappa shape index (κ2) is 20.8. The van der Waals surface area contributed by atoms with Gasteiger partial charge < -0.3 is 20.0 Å². The Hall–Kier alpha value is -7.42. The minimum absolute atomic E-state index is 0.141. The lowest BCUT2D eigenvalue weighted by atomic mass is 9.85. The van der Waals surface area contributed by atoms with Crippen LogP contribution in [0.3, 0.4) is 0 Å². The number of azo groups is 2. The first-order valence-electron chi connectivity index (χ1n) is 21.7. The Morgan fingerprint density at radius 2 is 0.862 bits per heavy atom. The Labute approximate surface area is 379 Å². The van der Waals surface area contributed by atoms with E-state index >= 15 is 0 Å². The Morgan fingerprint density at radius 3 is 1.23 bits per heavy atom. The lowest BCUT2D eigenvalue weighted by Crippen LogP contribution is -2.40. The van der Waals surface area contributed by atoms with Gasteiger partial charge in [0.15, 0.2) is 36.2 Å². The molecule has 65 heavy (non-hydrogen) atoms. The van der Waals surface area contributed by atoms with Gasteiger partial charge in [0.2, 0.25) is 11.8 Å². The van der Waals surface area contributed by atoms with Crippen LogP contribution in [0.1, 0.15) is 46.6 Å². The van der Waals surface area contributed by atoms with Crippen LogP contribution in [0.4, 0.5) is 22.7 Å². The van der Waals surface area contributed by atoms with Crippen molar-refractivity contribution in [1.82, 2.24) is 18.9 Å². The van der Waals surface area contributed by atoms with E-state index in [2.05, 4.69) is 32.6 Å². The molecular formula is C51H56N10O4+2. The van der Waals surface area contributed by atoms with Gasteiger partial charge in [0.05, 0.1) is 22.5 Å². The SMILES string of the molecule is Cc1c(N=Nc2ccc(C(c3ccccc3)c3ccc(N=Nc4c(C)c(-[n+]5ccccc5)c(=O)n(CCCN(C)C)c4O)cc3)cc2)c(O)n(CCCN(C)C)c(=O)c1-[n+]1ccccc1. The summed E-state index contributed by atoms with van der Waals surface area (Å²) in [5.74, 6) is -0.582. The molecule has 0 atom stereocenters. The summed E-state index contributed by atoms with van der Waals surface area (Å²) in [7, 11) is 7.88. The van der Waals surface area contributed by atoms with Gasteiger partial charge in [-0.2, -0.15) is 19.4 Å². The highest BCUT2D eigenvalue weighted by atomic mass is 16.3. The Morgan fingerprint density at radius 1 is 0.508 bits per heavy atom. The fourth-order valence-electron chi connectivity index (χ4n) is 7.94. The molecule has 0 spiro atoms. The highest BCUT2D eigenvalue weighted by molar-refractivity contribution is 5.60. The van der Waals surface area contributed by atoms with E-state index in [1.165, 1.54) is 9.13 Å². The predicted molar refractivity (Wildman–Crippen MR) is 252 cm³/mol. The molecule has 0 bridgehead atoms. The molecule has 0 aliphatic rings. The van der Waals surface area contributed by atoms with Crippen LogP contribution in [0.2, 0.25) is 0 Å². The average molecular weight is 873 g/mol. The quantitative estimate of drug-likeness (QED) is 0.0533. The molecular weight excluding hydrogens is 817 g/mol. The minimum atomic E-state index is -0.304. The van der Waals surface area contributed by atoms with Gasteiger partial charge in [-0.05, 0) is 109 Å². The smallest absolute Gasteiger partial charge is 0.326 e. The number of aromatic hydroxyl groups is 2. The molecule has 0 saturated heterocycles. The number of benzene rings is 3. The maximum absolute atomic E-state index is 13.8. The van der Waals surface area contributed by atoms with Gasteiger partial charge in [0, 0.05) is 43.3 Å². The standard InChI is InChI=1S/C51H54N10O4/c1-36-44(48(62)60(34-16-28-56(3)4)50(64)46(36)58-30-12-8-13-31-58)54-52-41-24-20-39(21-25-41)43(38-18-10-7-11-19-38)40-22-26-42(27-23-40)53-55-45-37(2)47(59-32-14-9-15-33-59)51(65)61(49(45)63)35-17-29-57(5)6/h7-15,18-27,30-33,43H,16-17,28-29,34-35H2,1-6H3/p+2. The number of pyridine rings is 4. The van der Waals surface area contributed by atoms with Gasteiger partial charge in [0.25, 0.3) is 11.4 Å². The van der Waals surface area contributed by atoms with Crippen LogP contribution in [0.25, 0.3) is 11.4 Å². The van der Waals surface area contributed by atoms with Gasteiger partial charge in [-0.1, -0.05) is 66.7 Å². The third kappa shape index (κ3) is 10.5. The molecule has 0 aliphatic carbocycles. The van der Waals surface area contributed by atoms with Crippen molar-refractivity contribution in [2.45, 2.75) is 45.7 Å². The van der Waals surface area contributed by atoms with E-state index in [1.807, 2.05) is 141 Å². The van der Waals surface area contributed by atoms with Gasteiger partial charge in [-0.15, -0.1) is 10.2 Å². The number of rotatable bonds is 17. The third-order valence-electron chi connectivity index (χ3n) is 11.3. The molecule has 0 fully saturated rings. The zero-order valence-corrected chi connectivity index (χ0v) is 37.8. The number of hydrogen-bond acceptors (Lipinski definition) is 10. The topological polar surface area (TPSA) is 148 Å². The summed E-state index contributed by atoms with van der Waals surface area (Å²) in [5.41, 5.74) is 5.95. The molecule has 0 unspecified atom stereocenters. The first-order valence-corrected chi connectivity index (χ1v) is 21.7. The van der Waals surface area contributed by atoms with Crippen LogP contribution in [-0.4, -0.2) is 70.4 Å². The van der Waals surface area contributed by atoms with Crippen LogP contribution in [0, 0.1) is 13.8 Å². The van der Waals surface area contributed by atoms with E-state index in [4.69, 9.17) is 0 Å². The average Bonchev–Trinajstić information content (AvgIpc) is 3.30. The molecule has 332 valence electrons. The van der Waals surface area contributed by atoms with E-state index in [0.717, 1.165) is 29.8 Å². The molecule has 2 N–H and O–H groups in total. The number of aromatic nitrogens is 4. The van der Waals surface area contributed by atoms with E-state index in [0.29, 0.717) is 59.8 Å².